The fourth-order valence-electron chi connectivity index (χ4n) is 4.54. The summed E-state index contributed by atoms with van der Waals surface area (Å²) in [6.07, 6.45) is 0.650. The summed E-state index contributed by atoms with van der Waals surface area (Å²) in [6.45, 7) is 9.83. The number of benzene rings is 1. The van der Waals surface area contributed by atoms with Crippen molar-refractivity contribution in [2.75, 3.05) is 37.6 Å². The molecule has 1 aromatic carbocycles. The van der Waals surface area contributed by atoms with Crippen molar-refractivity contribution in [2.45, 2.75) is 70.7 Å². The molecule has 32 heavy (non-hydrogen) atoms. The summed E-state index contributed by atoms with van der Waals surface area (Å²) in [6, 6.07) is 5.81. The number of alkyl halides is 3. The Morgan fingerprint density at radius 3 is 2.31 bits per heavy atom. The van der Waals surface area contributed by atoms with Gasteiger partial charge >= 0.3 is 12.3 Å². The lowest BCUT2D eigenvalue weighted by atomic mass is 9.84. The zero-order valence-corrected chi connectivity index (χ0v) is 19.4. The summed E-state index contributed by atoms with van der Waals surface area (Å²) in [5, 5.41) is 2.99. The Morgan fingerprint density at radius 1 is 1.06 bits per heavy atom. The van der Waals surface area contributed by atoms with E-state index in [9.17, 15) is 18.0 Å². The second-order valence-electron chi connectivity index (χ2n) is 10.0. The normalized spacial score (nSPS) is 23.1. The average molecular weight is 456 g/mol. The van der Waals surface area contributed by atoms with Gasteiger partial charge in [0, 0.05) is 37.9 Å². The van der Waals surface area contributed by atoms with E-state index in [0.717, 1.165) is 70.9 Å². The number of nitrogens with one attached hydrogen (secondary N) is 1. The molecule has 1 amide bonds. The molecule has 1 heterocycles. The number of ether oxygens (including phenoxy) is 1. The molecule has 180 valence electrons. The standard InChI is InChI=1S/C24H36F3N3O2/c1-23(2,3)32-22(31)28-20-9-7-18(8-10-20)11-12-29-13-15-30(16-14-29)21-6-4-5-19(17-21)24(25,26)27/h4-6,17-18,20H,7-16H2,1-3H3,(H,28,31). The highest BCUT2D eigenvalue weighted by Gasteiger charge is 2.31. The lowest BCUT2D eigenvalue weighted by molar-refractivity contribution is -0.137. The predicted molar refractivity (Wildman–Crippen MR) is 120 cm³/mol. The highest BCUT2D eigenvalue weighted by Crippen LogP contribution is 2.32. The van der Waals surface area contributed by atoms with E-state index in [1.54, 1.807) is 6.07 Å². The molecule has 1 aromatic rings. The van der Waals surface area contributed by atoms with Crippen LogP contribution in [0.4, 0.5) is 23.7 Å². The molecule has 2 fully saturated rings. The Labute approximate surface area is 189 Å². The summed E-state index contributed by atoms with van der Waals surface area (Å²) < 4.78 is 44.3. The third-order valence-corrected chi connectivity index (χ3v) is 6.33. The van der Waals surface area contributed by atoms with E-state index in [1.807, 2.05) is 25.7 Å². The number of piperazine rings is 1. The number of amides is 1. The molecular weight excluding hydrogens is 419 g/mol. The van der Waals surface area contributed by atoms with Crippen molar-refractivity contribution in [2.24, 2.45) is 5.92 Å². The molecule has 3 rings (SSSR count). The van der Waals surface area contributed by atoms with Gasteiger partial charge in [-0.2, -0.15) is 13.2 Å². The van der Waals surface area contributed by atoms with Gasteiger partial charge in [-0.05, 0) is 83.5 Å². The number of carbonyl (C=O) groups is 1. The van der Waals surface area contributed by atoms with Crippen LogP contribution in [0, 0.1) is 5.92 Å². The Bertz CT molecular complexity index is 748. The molecule has 0 spiro atoms. The van der Waals surface area contributed by atoms with Crippen molar-refractivity contribution in [3.8, 4) is 0 Å². The van der Waals surface area contributed by atoms with Crippen molar-refractivity contribution >= 4 is 11.8 Å². The highest BCUT2D eigenvalue weighted by atomic mass is 19.4. The van der Waals surface area contributed by atoms with Crippen LogP contribution < -0.4 is 10.2 Å². The number of hydrogen-bond acceptors (Lipinski definition) is 4. The summed E-state index contributed by atoms with van der Waals surface area (Å²) >= 11 is 0. The lowest BCUT2D eigenvalue weighted by Crippen LogP contribution is -2.47. The van der Waals surface area contributed by atoms with Crippen LogP contribution in [0.25, 0.3) is 0 Å². The third kappa shape index (κ3) is 7.57. The fourth-order valence-corrected chi connectivity index (χ4v) is 4.54. The van der Waals surface area contributed by atoms with Crippen molar-refractivity contribution in [3.05, 3.63) is 29.8 Å². The van der Waals surface area contributed by atoms with Gasteiger partial charge in [0.2, 0.25) is 0 Å². The van der Waals surface area contributed by atoms with Gasteiger partial charge in [-0.15, -0.1) is 0 Å². The van der Waals surface area contributed by atoms with Gasteiger partial charge in [-0.25, -0.2) is 4.79 Å². The summed E-state index contributed by atoms with van der Waals surface area (Å²) in [7, 11) is 0. The largest absolute Gasteiger partial charge is 0.444 e. The second-order valence-corrected chi connectivity index (χ2v) is 10.0. The van der Waals surface area contributed by atoms with Gasteiger partial charge in [0.05, 0.1) is 5.56 Å². The first-order valence-corrected chi connectivity index (χ1v) is 11.6. The number of hydrogen-bond donors (Lipinski definition) is 1. The molecule has 1 saturated heterocycles. The zero-order chi connectivity index (χ0) is 23.4. The van der Waals surface area contributed by atoms with E-state index in [0.29, 0.717) is 11.6 Å². The number of anilines is 1. The van der Waals surface area contributed by atoms with Crippen LogP contribution in [0.2, 0.25) is 0 Å². The molecule has 1 aliphatic carbocycles. The quantitative estimate of drug-likeness (QED) is 0.654. The number of rotatable bonds is 5. The van der Waals surface area contributed by atoms with Gasteiger partial charge in [0.1, 0.15) is 5.60 Å². The Hall–Kier alpha value is -1.96. The molecule has 0 radical (unpaired) electrons. The average Bonchev–Trinajstić information content (AvgIpc) is 2.72. The van der Waals surface area contributed by atoms with E-state index in [-0.39, 0.29) is 12.1 Å². The number of nitrogens with zero attached hydrogens (tertiary/aromatic N) is 2. The lowest BCUT2D eigenvalue weighted by Gasteiger charge is -2.37. The van der Waals surface area contributed by atoms with Crippen LogP contribution in [0.15, 0.2) is 24.3 Å². The molecular formula is C24H36F3N3O2. The minimum atomic E-state index is -4.31. The van der Waals surface area contributed by atoms with E-state index in [1.165, 1.54) is 12.1 Å². The first-order chi connectivity index (χ1) is 15.0. The molecule has 1 aliphatic heterocycles. The summed E-state index contributed by atoms with van der Waals surface area (Å²) in [4.78, 5) is 16.4. The zero-order valence-electron chi connectivity index (χ0n) is 19.4. The molecule has 1 N–H and O–H groups in total. The van der Waals surface area contributed by atoms with E-state index in [4.69, 9.17) is 4.74 Å². The van der Waals surface area contributed by atoms with E-state index < -0.39 is 17.3 Å². The molecule has 0 bridgehead atoms. The van der Waals surface area contributed by atoms with Crippen molar-refractivity contribution in [3.63, 3.8) is 0 Å². The summed E-state index contributed by atoms with van der Waals surface area (Å²) in [5.41, 5.74) is -0.420. The minimum absolute atomic E-state index is 0.192. The smallest absolute Gasteiger partial charge is 0.416 e. The van der Waals surface area contributed by atoms with Crippen molar-refractivity contribution in [1.82, 2.24) is 10.2 Å². The maximum Gasteiger partial charge on any atom is 0.416 e. The minimum Gasteiger partial charge on any atom is -0.444 e. The van der Waals surface area contributed by atoms with Gasteiger partial charge < -0.3 is 15.0 Å². The topological polar surface area (TPSA) is 44.8 Å². The first kappa shape index (κ1) is 24.7. The van der Waals surface area contributed by atoms with Crippen LogP contribution >= 0.6 is 0 Å². The van der Waals surface area contributed by atoms with Gasteiger partial charge in [0.25, 0.3) is 0 Å². The van der Waals surface area contributed by atoms with E-state index >= 15 is 0 Å². The Morgan fingerprint density at radius 2 is 1.72 bits per heavy atom. The first-order valence-electron chi connectivity index (χ1n) is 11.6. The number of carbonyl (C=O) groups excluding carboxylic acids is 1. The van der Waals surface area contributed by atoms with Crippen LogP contribution in [-0.2, 0) is 10.9 Å². The van der Waals surface area contributed by atoms with E-state index in [2.05, 4.69) is 10.2 Å². The maximum atomic E-state index is 13.0. The molecule has 0 atom stereocenters. The van der Waals surface area contributed by atoms with Gasteiger partial charge in [0.15, 0.2) is 0 Å². The van der Waals surface area contributed by atoms with Crippen molar-refractivity contribution < 1.29 is 22.7 Å². The van der Waals surface area contributed by atoms with Crippen LogP contribution in [0.5, 0.6) is 0 Å². The SMILES string of the molecule is CC(C)(C)OC(=O)NC1CCC(CCN2CCN(c3cccc(C(F)(F)F)c3)CC2)CC1. The Balaban J connectivity index is 1.35. The fraction of sp³-hybridized carbons (Fsp3) is 0.708. The monoisotopic (exact) mass is 455 g/mol. The molecule has 5 nitrogen and oxygen atoms in total. The highest BCUT2D eigenvalue weighted by molar-refractivity contribution is 5.68. The number of halogens is 3. The predicted octanol–water partition coefficient (Wildman–Crippen LogP) is 5.30. The molecule has 0 aromatic heterocycles. The maximum absolute atomic E-state index is 13.0. The number of alkyl carbamates (subject to hydrolysis) is 1. The molecule has 1 saturated carbocycles. The van der Waals surface area contributed by atoms with Crippen LogP contribution in [0.1, 0.15) is 58.4 Å². The third-order valence-electron chi connectivity index (χ3n) is 6.33. The summed E-state index contributed by atoms with van der Waals surface area (Å²) in [5.74, 6) is 0.660. The molecule has 8 heteroatoms. The Kier molecular flexibility index (Phi) is 7.96. The van der Waals surface area contributed by atoms with Crippen LogP contribution in [0.3, 0.4) is 0 Å². The van der Waals surface area contributed by atoms with Crippen LogP contribution in [-0.4, -0.2) is 55.4 Å². The second kappa shape index (κ2) is 10.3. The van der Waals surface area contributed by atoms with Gasteiger partial charge in [-0.3, -0.25) is 4.90 Å². The molecule has 2 aliphatic rings. The molecule has 0 unspecified atom stereocenters. The van der Waals surface area contributed by atoms with Gasteiger partial charge in [-0.1, -0.05) is 6.07 Å². The van der Waals surface area contributed by atoms with Crippen molar-refractivity contribution in [1.29, 1.82) is 0 Å².